The molecule has 0 aliphatic carbocycles. The molecule has 33 heavy (non-hydrogen) atoms. The molecular formula is C24H27N5O4. The summed E-state index contributed by atoms with van der Waals surface area (Å²) in [6.45, 7) is 1.39. The maximum atomic E-state index is 12.9. The van der Waals surface area contributed by atoms with Crippen molar-refractivity contribution in [3.8, 4) is 22.8 Å². The van der Waals surface area contributed by atoms with Gasteiger partial charge in [0.25, 0.3) is 5.91 Å². The lowest BCUT2D eigenvalue weighted by atomic mass is 9.95. The number of likely N-dealkylation sites (tertiary alicyclic amines) is 1. The molecule has 1 aromatic carbocycles. The van der Waals surface area contributed by atoms with Crippen LogP contribution in [0.3, 0.4) is 0 Å². The molecule has 0 saturated carbocycles. The third kappa shape index (κ3) is 4.97. The Morgan fingerprint density at radius 1 is 1.12 bits per heavy atom. The second kappa shape index (κ2) is 10.2. The van der Waals surface area contributed by atoms with Gasteiger partial charge in [0, 0.05) is 49.1 Å². The lowest BCUT2D eigenvalue weighted by molar-refractivity contribution is -0.126. The average molecular weight is 450 g/mol. The number of aromatic amines is 1. The van der Waals surface area contributed by atoms with Crippen LogP contribution in [0.4, 0.5) is 0 Å². The molecule has 1 fully saturated rings. The molecule has 2 N–H and O–H groups in total. The molecular weight excluding hydrogens is 422 g/mol. The summed E-state index contributed by atoms with van der Waals surface area (Å²) >= 11 is 0. The monoisotopic (exact) mass is 449 g/mol. The number of rotatable bonds is 7. The summed E-state index contributed by atoms with van der Waals surface area (Å²) in [5.41, 5.74) is 2.88. The summed E-state index contributed by atoms with van der Waals surface area (Å²) in [4.78, 5) is 31.4. The van der Waals surface area contributed by atoms with Crippen LogP contribution >= 0.6 is 0 Å². The van der Waals surface area contributed by atoms with Crippen LogP contribution in [0.5, 0.6) is 11.5 Å². The molecule has 1 saturated heterocycles. The Hall–Kier alpha value is -3.88. The summed E-state index contributed by atoms with van der Waals surface area (Å²) in [6.07, 6.45) is 4.59. The molecule has 0 spiro atoms. The summed E-state index contributed by atoms with van der Waals surface area (Å²) in [5.74, 6) is 0.976. The van der Waals surface area contributed by atoms with Gasteiger partial charge in [-0.2, -0.15) is 5.10 Å². The van der Waals surface area contributed by atoms with E-state index in [4.69, 9.17) is 9.47 Å². The predicted octanol–water partition coefficient (Wildman–Crippen LogP) is 2.66. The fraction of sp³-hybridized carbons (Fsp3) is 0.333. The molecule has 1 aliphatic heterocycles. The van der Waals surface area contributed by atoms with Gasteiger partial charge < -0.3 is 19.7 Å². The number of carbonyl (C=O) groups is 2. The van der Waals surface area contributed by atoms with Crippen molar-refractivity contribution in [2.24, 2.45) is 5.92 Å². The Balaban J connectivity index is 1.30. The highest BCUT2D eigenvalue weighted by atomic mass is 16.5. The number of benzene rings is 1. The second-order valence-electron chi connectivity index (χ2n) is 7.84. The van der Waals surface area contributed by atoms with E-state index < -0.39 is 0 Å². The van der Waals surface area contributed by atoms with Crippen LogP contribution < -0.4 is 14.8 Å². The molecule has 3 aromatic rings. The number of aromatic nitrogens is 3. The number of para-hydroxylation sites is 1. The highest BCUT2D eigenvalue weighted by Gasteiger charge is 2.28. The first-order chi connectivity index (χ1) is 16.1. The zero-order valence-electron chi connectivity index (χ0n) is 18.7. The van der Waals surface area contributed by atoms with E-state index in [1.165, 1.54) is 0 Å². The first-order valence-electron chi connectivity index (χ1n) is 10.8. The third-order valence-corrected chi connectivity index (χ3v) is 5.87. The minimum Gasteiger partial charge on any atom is -0.493 e. The number of H-pyrrole nitrogens is 1. The molecule has 172 valence electrons. The molecule has 0 bridgehead atoms. The van der Waals surface area contributed by atoms with Gasteiger partial charge in [-0.25, -0.2) is 0 Å². The van der Waals surface area contributed by atoms with E-state index in [0.29, 0.717) is 55.4 Å². The van der Waals surface area contributed by atoms with E-state index in [1.54, 1.807) is 37.6 Å². The van der Waals surface area contributed by atoms with Gasteiger partial charge in [-0.05, 0) is 37.1 Å². The van der Waals surface area contributed by atoms with Crippen molar-refractivity contribution >= 4 is 11.8 Å². The maximum absolute atomic E-state index is 12.9. The molecule has 1 aliphatic rings. The molecule has 2 amide bonds. The number of nitrogens with zero attached hydrogens (tertiary/aromatic N) is 3. The number of hydrogen-bond donors (Lipinski definition) is 2. The lowest BCUT2D eigenvalue weighted by Crippen LogP contribution is -2.43. The van der Waals surface area contributed by atoms with E-state index in [2.05, 4.69) is 20.5 Å². The van der Waals surface area contributed by atoms with Crippen LogP contribution in [-0.2, 0) is 11.3 Å². The van der Waals surface area contributed by atoms with Gasteiger partial charge in [-0.15, -0.1) is 0 Å². The Kier molecular flexibility index (Phi) is 6.87. The van der Waals surface area contributed by atoms with Gasteiger partial charge in [0.1, 0.15) is 5.69 Å². The molecule has 4 rings (SSSR count). The van der Waals surface area contributed by atoms with Gasteiger partial charge >= 0.3 is 0 Å². The van der Waals surface area contributed by atoms with E-state index in [9.17, 15) is 9.59 Å². The van der Waals surface area contributed by atoms with Crippen LogP contribution in [0.1, 0.15) is 28.9 Å². The van der Waals surface area contributed by atoms with Crippen LogP contribution in [0.25, 0.3) is 11.3 Å². The number of hydrogen-bond acceptors (Lipinski definition) is 6. The molecule has 0 unspecified atom stereocenters. The quantitative estimate of drug-likeness (QED) is 0.574. The molecule has 9 nitrogen and oxygen atoms in total. The summed E-state index contributed by atoms with van der Waals surface area (Å²) < 4.78 is 10.7. The second-order valence-corrected chi connectivity index (χ2v) is 7.84. The highest BCUT2D eigenvalue weighted by Crippen LogP contribution is 2.30. The minimum atomic E-state index is -0.139. The number of methoxy groups -OCH3 is 2. The molecule has 2 aromatic heterocycles. The van der Waals surface area contributed by atoms with Crippen LogP contribution in [0.2, 0.25) is 0 Å². The minimum absolute atomic E-state index is 0.0199. The van der Waals surface area contributed by atoms with Crippen molar-refractivity contribution in [3.63, 3.8) is 0 Å². The number of amides is 2. The van der Waals surface area contributed by atoms with E-state index in [0.717, 1.165) is 11.1 Å². The first kappa shape index (κ1) is 22.3. The Bertz CT molecular complexity index is 1110. The Labute approximate surface area is 192 Å². The largest absolute Gasteiger partial charge is 0.493 e. The van der Waals surface area contributed by atoms with Gasteiger partial charge in [0.05, 0.1) is 19.9 Å². The fourth-order valence-corrected chi connectivity index (χ4v) is 4.04. The lowest BCUT2D eigenvalue weighted by Gasteiger charge is -2.31. The fourth-order valence-electron chi connectivity index (χ4n) is 4.04. The highest BCUT2D eigenvalue weighted by molar-refractivity contribution is 5.93. The van der Waals surface area contributed by atoms with Crippen molar-refractivity contribution in [3.05, 3.63) is 60.0 Å². The summed E-state index contributed by atoms with van der Waals surface area (Å²) in [6, 6.07) is 11.0. The van der Waals surface area contributed by atoms with E-state index in [-0.39, 0.29) is 17.7 Å². The van der Waals surface area contributed by atoms with E-state index in [1.807, 2.05) is 30.3 Å². The van der Waals surface area contributed by atoms with Crippen LogP contribution in [0, 0.1) is 5.92 Å². The SMILES string of the molecule is COc1cccc(CNC(=O)C2CCN(C(=O)c3cc(-c4ccncc4)n[nH]3)CC2)c1OC. The normalized spacial score (nSPS) is 14.1. The number of carbonyl (C=O) groups excluding carboxylic acids is 2. The number of pyridine rings is 1. The number of nitrogens with one attached hydrogen (secondary N) is 2. The first-order valence-corrected chi connectivity index (χ1v) is 10.8. The smallest absolute Gasteiger partial charge is 0.271 e. The zero-order valence-corrected chi connectivity index (χ0v) is 18.7. The number of ether oxygens (including phenoxy) is 2. The maximum Gasteiger partial charge on any atom is 0.271 e. The molecule has 0 radical (unpaired) electrons. The standard InChI is InChI=1S/C24H27N5O4/c1-32-21-5-3-4-18(22(21)33-2)15-26-23(30)17-8-12-29(13-9-17)24(31)20-14-19(27-28-20)16-6-10-25-11-7-16/h3-7,10-11,14,17H,8-9,12-13,15H2,1-2H3,(H,26,30)(H,27,28). The van der Waals surface area contributed by atoms with Gasteiger partial charge in [0.2, 0.25) is 5.91 Å². The third-order valence-electron chi connectivity index (χ3n) is 5.87. The van der Waals surface area contributed by atoms with Crippen molar-refractivity contribution in [1.82, 2.24) is 25.4 Å². The van der Waals surface area contributed by atoms with Gasteiger partial charge in [-0.3, -0.25) is 19.7 Å². The predicted molar refractivity (Wildman–Crippen MR) is 122 cm³/mol. The van der Waals surface area contributed by atoms with Crippen molar-refractivity contribution in [1.29, 1.82) is 0 Å². The molecule has 3 heterocycles. The Morgan fingerprint density at radius 3 is 2.58 bits per heavy atom. The molecule has 0 atom stereocenters. The van der Waals surface area contributed by atoms with Crippen LogP contribution in [-0.4, -0.2) is 59.2 Å². The Morgan fingerprint density at radius 2 is 1.88 bits per heavy atom. The van der Waals surface area contributed by atoms with Gasteiger partial charge in [-0.1, -0.05) is 12.1 Å². The van der Waals surface area contributed by atoms with E-state index >= 15 is 0 Å². The zero-order chi connectivity index (χ0) is 23.2. The summed E-state index contributed by atoms with van der Waals surface area (Å²) in [5, 5.41) is 10.1. The molecule has 9 heteroatoms. The van der Waals surface area contributed by atoms with Gasteiger partial charge in [0.15, 0.2) is 11.5 Å². The van der Waals surface area contributed by atoms with Crippen molar-refractivity contribution in [2.45, 2.75) is 19.4 Å². The van der Waals surface area contributed by atoms with Crippen LogP contribution in [0.15, 0.2) is 48.8 Å². The summed E-state index contributed by atoms with van der Waals surface area (Å²) in [7, 11) is 3.16. The topological polar surface area (TPSA) is 109 Å². The number of piperidine rings is 1. The van der Waals surface area contributed by atoms with Crippen molar-refractivity contribution in [2.75, 3.05) is 27.3 Å². The van der Waals surface area contributed by atoms with Crippen molar-refractivity contribution < 1.29 is 19.1 Å². The average Bonchev–Trinajstić information content (AvgIpc) is 3.37.